The maximum atomic E-state index is 12.7. The molecule has 2 saturated heterocycles. The molecule has 2 amide bonds. The number of carbonyl (C=O) groups excluding carboxylic acids is 2. The number of likely N-dealkylation sites (N-methyl/N-ethyl adjacent to an activating group) is 1. The normalized spacial score (nSPS) is 19.6. The molecule has 2 aliphatic rings. The van der Waals surface area contributed by atoms with Crippen molar-refractivity contribution in [1.29, 1.82) is 0 Å². The van der Waals surface area contributed by atoms with Crippen LogP contribution in [0, 0.1) is 0 Å². The van der Waals surface area contributed by atoms with E-state index in [9.17, 15) is 9.59 Å². The zero-order chi connectivity index (χ0) is 15.5. The zero-order valence-electron chi connectivity index (χ0n) is 12.6. The summed E-state index contributed by atoms with van der Waals surface area (Å²) in [6, 6.07) is 9.83. The molecule has 0 saturated carbocycles. The first-order chi connectivity index (χ1) is 10.5. The molecule has 2 fully saturated rings. The maximum Gasteiger partial charge on any atom is 0.410 e. The first-order valence-electron chi connectivity index (χ1n) is 7.27. The van der Waals surface area contributed by atoms with Gasteiger partial charge in [-0.3, -0.25) is 4.79 Å². The second-order valence-electron chi connectivity index (χ2n) is 6.22. The lowest BCUT2D eigenvalue weighted by Gasteiger charge is -2.45. The lowest BCUT2D eigenvalue weighted by molar-refractivity contribution is -0.0584. The van der Waals surface area contributed by atoms with Crippen molar-refractivity contribution in [3.05, 3.63) is 36.0 Å². The Kier molecular flexibility index (Phi) is 2.55. The van der Waals surface area contributed by atoms with E-state index in [1.54, 1.807) is 16.8 Å². The minimum Gasteiger partial charge on any atom is -0.437 e. The third-order valence-corrected chi connectivity index (χ3v) is 4.56. The summed E-state index contributed by atoms with van der Waals surface area (Å²) in [4.78, 5) is 27.5. The molecule has 114 valence electrons. The smallest absolute Gasteiger partial charge is 0.410 e. The Morgan fingerprint density at radius 2 is 1.91 bits per heavy atom. The second-order valence-corrected chi connectivity index (χ2v) is 6.22. The van der Waals surface area contributed by atoms with Crippen LogP contribution in [0.15, 0.2) is 30.3 Å². The minimum atomic E-state index is -0.508. The van der Waals surface area contributed by atoms with Crippen molar-refractivity contribution in [2.75, 3.05) is 26.7 Å². The summed E-state index contributed by atoms with van der Waals surface area (Å²) in [6.07, 6.45) is -0.309. The predicted octanol–water partition coefficient (Wildman–Crippen LogP) is 1.45. The Morgan fingerprint density at radius 1 is 1.18 bits per heavy atom. The molecule has 1 aromatic heterocycles. The van der Waals surface area contributed by atoms with Crippen LogP contribution in [0.25, 0.3) is 10.9 Å². The van der Waals surface area contributed by atoms with Gasteiger partial charge in [0.15, 0.2) is 5.60 Å². The molecule has 2 aromatic rings. The van der Waals surface area contributed by atoms with Gasteiger partial charge in [-0.15, -0.1) is 0 Å². The topological polar surface area (TPSA) is 54.8 Å². The first kappa shape index (κ1) is 13.2. The van der Waals surface area contributed by atoms with Crippen LogP contribution < -0.4 is 0 Å². The molecule has 1 aromatic carbocycles. The van der Waals surface area contributed by atoms with E-state index in [4.69, 9.17) is 4.74 Å². The molecule has 6 nitrogen and oxygen atoms in total. The van der Waals surface area contributed by atoms with Crippen LogP contribution in [0.5, 0.6) is 0 Å². The number of aromatic nitrogens is 1. The van der Waals surface area contributed by atoms with Crippen LogP contribution in [0.2, 0.25) is 0 Å². The molecule has 0 aliphatic carbocycles. The van der Waals surface area contributed by atoms with Gasteiger partial charge in [0.25, 0.3) is 5.91 Å². The first-order valence-corrected chi connectivity index (χ1v) is 7.27. The van der Waals surface area contributed by atoms with Gasteiger partial charge in [0.1, 0.15) is 5.69 Å². The monoisotopic (exact) mass is 299 g/mol. The number of para-hydroxylation sites is 1. The number of ether oxygens (including phenoxy) is 1. The summed E-state index contributed by atoms with van der Waals surface area (Å²) in [5, 5.41) is 1.05. The Balaban J connectivity index is 1.56. The van der Waals surface area contributed by atoms with E-state index in [1.807, 2.05) is 41.9 Å². The van der Waals surface area contributed by atoms with Gasteiger partial charge in [0.05, 0.1) is 19.6 Å². The number of nitrogens with zero attached hydrogens (tertiary/aromatic N) is 3. The van der Waals surface area contributed by atoms with Crippen LogP contribution in [-0.2, 0) is 11.8 Å². The fraction of sp³-hybridized carbons (Fsp3) is 0.375. The van der Waals surface area contributed by atoms with Gasteiger partial charge in [-0.25, -0.2) is 4.79 Å². The molecular formula is C16H17N3O3. The number of fused-ring (bicyclic) bond motifs is 1. The Morgan fingerprint density at radius 3 is 2.55 bits per heavy atom. The number of aryl methyl sites for hydroxylation is 1. The van der Waals surface area contributed by atoms with Crippen LogP contribution >= 0.6 is 0 Å². The third-order valence-electron chi connectivity index (χ3n) is 4.56. The summed E-state index contributed by atoms with van der Waals surface area (Å²) < 4.78 is 7.30. The van der Waals surface area contributed by atoms with Crippen molar-refractivity contribution in [2.24, 2.45) is 7.05 Å². The average molecular weight is 299 g/mol. The van der Waals surface area contributed by atoms with Gasteiger partial charge in [-0.2, -0.15) is 0 Å². The van der Waals surface area contributed by atoms with Crippen molar-refractivity contribution >= 4 is 22.9 Å². The van der Waals surface area contributed by atoms with E-state index in [1.165, 1.54) is 0 Å². The summed E-state index contributed by atoms with van der Waals surface area (Å²) in [7, 11) is 3.61. The predicted molar refractivity (Wildman–Crippen MR) is 80.7 cm³/mol. The summed E-state index contributed by atoms with van der Waals surface area (Å²) in [5.41, 5.74) is 1.19. The molecule has 3 heterocycles. The Labute approximate surface area is 127 Å². The van der Waals surface area contributed by atoms with E-state index >= 15 is 0 Å². The molecule has 0 radical (unpaired) electrons. The van der Waals surface area contributed by atoms with Crippen molar-refractivity contribution < 1.29 is 14.3 Å². The van der Waals surface area contributed by atoms with E-state index in [-0.39, 0.29) is 12.0 Å². The van der Waals surface area contributed by atoms with Crippen molar-refractivity contribution in [3.63, 3.8) is 0 Å². The van der Waals surface area contributed by atoms with E-state index in [2.05, 4.69) is 0 Å². The van der Waals surface area contributed by atoms with Gasteiger partial charge in [-0.05, 0) is 12.1 Å². The summed E-state index contributed by atoms with van der Waals surface area (Å²) >= 11 is 0. The Bertz CT molecular complexity index is 789. The molecule has 4 rings (SSSR count). The standard InChI is InChI=1S/C16H17N3O3/c1-17-8-16(22-15(17)21)9-19(10-16)14(20)13-7-11-5-3-4-6-12(11)18(13)2/h3-7H,8-10H2,1-2H3. The van der Waals surface area contributed by atoms with Gasteiger partial charge >= 0.3 is 6.09 Å². The molecular weight excluding hydrogens is 282 g/mol. The average Bonchev–Trinajstić information content (AvgIpc) is 2.96. The molecule has 0 bridgehead atoms. The number of carbonyl (C=O) groups is 2. The molecule has 0 N–H and O–H groups in total. The fourth-order valence-electron chi connectivity index (χ4n) is 3.41. The molecule has 2 aliphatic heterocycles. The largest absolute Gasteiger partial charge is 0.437 e. The van der Waals surface area contributed by atoms with Crippen LogP contribution in [0.4, 0.5) is 4.79 Å². The maximum absolute atomic E-state index is 12.7. The highest BCUT2D eigenvalue weighted by Crippen LogP contribution is 2.33. The van der Waals surface area contributed by atoms with Gasteiger partial charge in [-0.1, -0.05) is 18.2 Å². The second kappa shape index (κ2) is 4.25. The number of hydrogen-bond donors (Lipinski definition) is 0. The molecule has 22 heavy (non-hydrogen) atoms. The van der Waals surface area contributed by atoms with Crippen molar-refractivity contribution in [2.45, 2.75) is 5.60 Å². The van der Waals surface area contributed by atoms with Crippen LogP contribution in [0.3, 0.4) is 0 Å². The number of likely N-dealkylation sites (tertiary alicyclic amines) is 1. The van der Waals surface area contributed by atoms with Crippen LogP contribution in [-0.4, -0.2) is 58.7 Å². The van der Waals surface area contributed by atoms with Crippen molar-refractivity contribution in [1.82, 2.24) is 14.4 Å². The van der Waals surface area contributed by atoms with E-state index in [0.29, 0.717) is 25.3 Å². The van der Waals surface area contributed by atoms with Gasteiger partial charge < -0.3 is 19.1 Å². The molecule has 0 unspecified atom stereocenters. The number of benzene rings is 1. The van der Waals surface area contributed by atoms with Gasteiger partial charge in [0.2, 0.25) is 0 Å². The summed E-state index contributed by atoms with van der Waals surface area (Å²) in [5.74, 6) is -0.0186. The molecule has 6 heteroatoms. The lowest BCUT2D eigenvalue weighted by Crippen LogP contribution is -2.65. The highest BCUT2D eigenvalue weighted by Gasteiger charge is 2.54. The van der Waals surface area contributed by atoms with Crippen molar-refractivity contribution in [3.8, 4) is 0 Å². The van der Waals surface area contributed by atoms with E-state index in [0.717, 1.165) is 10.9 Å². The summed E-state index contributed by atoms with van der Waals surface area (Å²) in [6.45, 7) is 1.47. The zero-order valence-corrected chi connectivity index (χ0v) is 12.6. The lowest BCUT2D eigenvalue weighted by atomic mass is 9.94. The molecule has 1 spiro atoms. The highest BCUT2D eigenvalue weighted by molar-refractivity contribution is 5.99. The van der Waals surface area contributed by atoms with Crippen LogP contribution in [0.1, 0.15) is 10.5 Å². The quantitative estimate of drug-likeness (QED) is 0.801. The Hall–Kier alpha value is -2.50. The molecule has 0 atom stereocenters. The number of hydrogen-bond acceptors (Lipinski definition) is 3. The SMILES string of the molecule is CN1CC2(CN(C(=O)c3cc4ccccc4n3C)C2)OC1=O. The van der Waals surface area contributed by atoms with Gasteiger partial charge in [0, 0.05) is 25.0 Å². The number of amides is 2. The highest BCUT2D eigenvalue weighted by atomic mass is 16.6. The number of rotatable bonds is 1. The van der Waals surface area contributed by atoms with E-state index < -0.39 is 5.60 Å². The third kappa shape index (κ3) is 1.73. The fourth-order valence-corrected chi connectivity index (χ4v) is 3.41. The minimum absolute atomic E-state index is 0.0186.